The smallest absolute Gasteiger partial charge is 0.270 e. The number of halogens is 2. The minimum absolute atomic E-state index is 0.0441. The van der Waals surface area contributed by atoms with Crippen molar-refractivity contribution in [1.29, 1.82) is 0 Å². The average molecular weight is 466 g/mol. The Hall–Kier alpha value is -1.84. The summed E-state index contributed by atoms with van der Waals surface area (Å²) < 4.78 is 11.4. The third kappa shape index (κ3) is 7.16. The highest BCUT2D eigenvalue weighted by Gasteiger charge is 2.08. The number of nitrogens with zero attached hydrogens (tertiary/aromatic N) is 1. The van der Waals surface area contributed by atoms with Gasteiger partial charge in [0.1, 0.15) is 11.5 Å². The van der Waals surface area contributed by atoms with Gasteiger partial charge in [-0.1, -0.05) is 0 Å². The van der Waals surface area contributed by atoms with Crippen molar-refractivity contribution < 1.29 is 19.5 Å². The second-order valence-electron chi connectivity index (χ2n) is 3.97. The summed E-state index contributed by atoms with van der Waals surface area (Å²) in [5.74, 6) is 1.38. The molecule has 0 spiro atoms. The summed E-state index contributed by atoms with van der Waals surface area (Å²) in [6.07, 6.45) is 0. The molecule has 0 amide bonds. The Morgan fingerprint density at radius 1 is 1.00 bits per heavy atom. The summed E-state index contributed by atoms with van der Waals surface area (Å²) in [4.78, 5) is 9.84. The fraction of sp³-hybridized carbons (Fsp3) is 0.200. The predicted molar refractivity (Wildman–Crippen MR) is 101 cm³/mol. The van der Waals surface area contributed by atoms with E-state index in [0.29, 0.717) is 10.2 Å². The van der Waals surface area contributed by atoms with Crippen molar-refractivity contribution in [2.75, 3.05) is 27.1 Å². The number of anilines is 1. The molecule has 0 aliphatic rings. The number of aliphatic hydroxyl groups excluding tert-OH is 1. The third-order valence-corrected chi connectivity index (χ3v) is 3.76. The van der Waals surface area contributed by atoms with E-state index >= 15 is 0 Å². The number of aliphatic hydroxyl groups is 1. The molecule has 7 nitrogen and oxygen atoms in total. The largest absolute Gasteiger partial charge is 0.496 e. The molecule has 132 valence electrons. The van der Waals surface area contributed by atoms with Crippen LogP contribution in [-0.2, 0) is 0 Å². The normalized spacial score (nSPS) is 8.92. The SMILES string of the molecule is CO.COc1ccc(N)cc1Br.COc1ccc([N+](=O)[O-])cc1Br. The highest BCUT2D eigenvalue weighted by Crippen LogP contribution is 2.28. The molecule has 0 bridgehead atoms. The van der Waals surface area contributed by atoms with Gasteiger partial charge in [0.15, 0.2) is 0 Å². The Labute approximate surface area is 156 Å². The number of nitro benzene ring substituents is 1. The minimum atomic E-state index is -0.454. The van der Waals surface area contributed by atoms with Crippen molar-refractivity contribution in [1.82, 2.24) is 0 Å². The van der Waals surface area contributed by atoms with Gasteiger partial charge in [0.2, 0.25) is 0 Å². The van der Waals surface area contributed by atoms with Crippen LogP contribution >= 0.6 is 31.9 Å². The lowest BCUT2D eigenvalue weighted by molar-refractivity contribution is -0.384. The van der Waals surface area contributed by atoms with E-state index in [1.54, 1.807) is 25.3 Å². The van der Waals surface area contributed by atoms with Gasteiger partial charge >= 0.3 is 0 Å². The number of nitro groups is 1. The first-order chi connectivity index (χ1) is 11.4. The van der Waals surface area contributed by atoms with Crippen LogP contribution in [0.2, 0.25) is 0 Å². The molecule has 0 fully saturated rings. The lowest BCUT2D eigenvalue weighted by Gasteiger charge is -2.01. The van der Waals surface area contributed by atoms with Gasteiger partial charge in [0.05, 0.1) is 28.1 Å². The number of hydrogen-bond acceptors (Lipinski definition) is 6. The maximum absolute atomic E-state index is 10.3. The molecule has 0 atom stereocenters. The molecule has 2 aromatic rings. The number of non-ortho nitro benzene ring substituents is 1. The minimum Gasteiger partial charge on any atom is -0.496 e. The Morgan fingerprint density at radius 3 is 1.83 bits per heavy atom. The molecule has 2 aromatic carbocycles. The van der Waals surface area contributed by atoms with Gasteiger partial charge in [0.25, 0.3) is 5.69 Å². The first-order valence-electron chi connectivity index (χ1n) is 6.40. The van der Waals surface area contributed by atoms with Crippen molar-refractivity contribution >= 4 is 43.2 Å². The molecule has 0 unspecified atom stereocenters. The molecule has 9 heteroatoms. The van der Waals surface area contributed by atoms with Crippen molar-refractivity contribution in [3.63, 3.8) is 0 Å². The summed E-state index contributed by atoms with van der Waals surface area (Å²) >= 11 is 6.45. The van der Waals surface area contributed by atoms with E-state index in [1.165, 1.54) is 19.2 Å². The second-order valence-corrected chi connectivity index (χ2v) is 5.68. The Morgan fingerprint density at radius 2 is 1.46 bits per heavy atom. The van der Waals surface area contributed by atoms with Crippen LogP contribution in [0.3, 0.4) is 0 Å². The van der Waals surface area contributed by atoms with Crippen LogP contribution < -0.4 is 15.2 Å². The van der Waals surface area contributed by atoms with Crippen LogP contribution in [0.4, 0.5) is 11.4 Å². The molecular weight excluding hydrogens is 448 g/mol. The highest BCUT2D eigenvalue weighted by molar-refractivity contribution is 9.10. The van der Waals surface area contributed by atoms with Crippen LogP contribution in [0.25, 0.3) is 0 Å². The second kappa shape index (κ2) is 11.7. The first-order valence-corrected chi connectivity index (χ1v) is 7.99. The maximum atomic E-state index is 10.3. The van der Waals surface area contributed by atoms with Gasteiger partial charge in [-0.05, 0) is 56.1 Å². The highest BCUT2D eigenvalue weighted by atomic mass is 79.9. The number of benzene rings is 2. The summed E-state index contributed by atoms with van der Waals surface area (Å²) in [5.41, 5.74) is 6.27. The zero-order valence-electron chi connectivity index (χ0n) is 13.3. The summed E-state index contributed by atoms with van der Waals surface area (Å²) in [6.45, 7) is 0. The molecule has 0 saturated heterocycles. The molecule has 2 rings (SSSR count). The molecule has 3 N–H and O–H groups in total. The van der Waals surface area contributed by atoms with E-state index < -0.39 is 4.92 Å². The average Bonchev–Trinajstić information content (AvgIpc) is 2.57. The van der Waals surface area contributed by atoms with Gasteiger partial charge in [-0.3, -0.25) is 10.1 Å². The van der Waals surface area contributed by atoms with Crippen LogP contribution in [0.15, 0.2) is 45.3 Å². The van der Waals surface area contributed by atoms with Crippen LogP contribution in [0, 0.1) is 10.1 Å². The Kier molecular flexibility index (Phi) is 10.8. The van der Waals surface area contributed by atoms with E-state index in [1.807, 2.05) is 6.07 Å². The number of rotatable bonds is 3. The van der Waals surface area contributed by atoms with Crippen molar-refractivity contribution in [3.05, 3.63) is 55.5 Å². The lowest BCUT2D eigenvalue weighted by atomic mass is 10.3. The quantitative estimate of drug-likeness (QED) is 0.402. The van der Waals surface area contributed by atoms with Crippen molar-refractivity contribution in [2.45, 2.75) is 0 Å². The van der Waals surface area contributed by atoms with Crippen molar-refractivity contribution in [2.24, 2.45) is 0 Å². The zero-order chi connectivity index (χ0) is 18.7. The maximum Gasteiger partial charge on any atom is 0.270 e. The fourth-order valence-electron chi connectivity index (χ4n) is 1.45. The molecule has 0 radical (unpaired) electrons. The fourth-order valence-corrected chi connectivity index (χ4v) is 2.54. The predicted octanol–water partition coefficient (Wildman–Crippen LogP) is 4.01. The Balaban J connectivity index is 0.000000405. The topological polar surface area (TPSA) is 108 Å². The monoisotopic (exact) mass is 464 g/mol. The van der Waals surface area contributed by atoms with Crippen LogP contribution in [-0.4, -0.2) is 31.4 Å². The van der Waals surface area contributed by atoms with Gasteiger partial charge in [-0.25, -0.2) is 0 Å². The number of ether oxygens (including phenoxy) is 2. The molecule has 0 aliphatic heterocycles. The molecular formula is C15H18Br2N2O5. The molecule has 0 heterocycles. The molecule has 0 aromatic heterocycles. The van der Waals surface area contributed by atoms with Gasteiger partial charge in [0, 0.05) is 24.9 Å². The Bertz CT molecular complexity index is 668. The van der Waals surface area contributed by atoms with Crippen LogP contribution in [0.5, 0.6) is 11.5 Å². The number of methoxy groups -OCH3 is 2. The standard InChI is InChI=1S/C7H6BrNO3.C7H8BrNO.CH4O/c1-12-7-3-2-5(9(10)11)4-6(7)8;1-10-7-3-2-5(9)4-6(7)8;1-2/h2-4H,1H3;2-4H,9H2,1H3;2H,1H3. The number of nitrogens with two attached hydrogens (primary N) is 1. The van der Waals surface area contributed by atoms with Gasteiger partial charge in [-0.15, -0.1) is 0 Å². The van der Waals surface area contributed by atoms with Crippen LogP contribution in [0.1, 0.15) is 0 Å². The number of nitrogen functional groups attached to an aromatic ring is 1. The molecule has 0 aliphatic carbocycles. The third-order valence-electron chi connectivity index (χ3n) is 2.52. The van der Waals surface area contributed by atoms with E-state index in [0.717, 1.165) is 23.0 Å². The summed E-state index contributed by atoms with van der Waals surface area (Å²) in [6, 6.07) is 9.76. The van der Waals surface area contributed by atoms with Gasteiger partial charge in [-0.2, -0.15) is 0 Å². The van der Waals surface area contributed by atoms with Crippen molar-refractivity contribution in [3.8, 4) is 11.5 Å². The molecule has 24 heavy (non-hydrogen) atoms. The van der Waals surface area contributed by atoms with E-state index in [2.05, 4.69) is 31.9 Å². The number of hydrogen-bond donors (Lipinski definition) is 2. The summed E-state index contributed by atoms with van der Waals surface area (Å²) in [7, 11) is 4.13. The van der Waals surface area contributed by atoms with E-state index in [4.69, 9.17) is 20.3 Å². The molecule has 0 saturated carbocycles. The first kappa shape index (κ1) is 22.2. The lowest BCUT2D eigenvalue weighted by Crippen LogP contribution is -1.89. The van der Waals surface area contributed by atoms with E-state index in [9.17, 15) is 10.1 Å². The van der Waals surface area contributed by atoms with E-state index in [-0.39, 0.29) is 5.69 Å². The summed E-state index contributed by atoms with van der Waals surface area (Å²) in [5, 5.41) is 17.3. The van der Waals surface area contributed by atoms with Gasteiger partial charge < -0.3 is 20.3 Å². The zero-order valence-corrected chi connectivity index (χ0v) is 16.5.